The largest absolute Gasteiger partial charge is 0.483 e. The first kappa shape index (κ1) is 25.9. The highest BCUT2D eigenvalue weighted by atomic mass is 32.2. The Morgan fingerprint density at radius 1 is 0.738 bits per heavy atom. The third-order valence-electron chi connectivity index (χ3n) is 7.28. The summed E-state index contributed by atoms with van der Waals surface area (Å²) in [5.41, 5.74) is 2.86. The summed E-state index contributed by atoms with van der Waals surface area (Å²) in [6.45, 7) is 0.527. The zero-order chi connectivity index (χ0) is 28.5. The number of para-hydroxylation sites is 2. The third kappa shape index (κ3) is 4.67. The maximum Gasteiger partial charge on any atom is 0.261 e. The average molecular weight is 572 g/mol. The van der Waals surface area contributed by atoms with Gasteiger partial charge in [0.2, 0.25) is 0 Å². The number of pyridine rings is 1. The van der Waals surface area contributed by atoms with Crippen molar-refractivity contribution in [3.05, 3.63) is 120 Å². The van der Waals surface area contributed by atoms with Gasteiger partial charge in [-0.1, -0.05) is 72.4 Å². The number of carbonyl (C=O) groups excluding carboxylic acids is 2. The zero-order valence-corrected chi connectivity index (χ0v) is 23.3. The molecule has 0 atom stereocenters. The topological polar surface area (TPSA) is 90.2 Å². The minimum absolute atomic E-state index is 0.208. The molecule has 42 heavy (non-hydrogen) atoms. The predicted octanol–water partition coefficient (Wildman–Crippen LogP) is 6.33. The second-order valence-corrected chi connectivity index (χ2v) is 10.9. The van der Waals surface area contributed by atoms with Crippen LogP contribution in [0.25, 0.3) is 27.4 Å². The molecule has 4 aromatic carbocycles. The van der Waals surface area contributed by atoms with E-state index in [1.165, 1.54) is 16.7 Å². The number of benzene rings is 4. The number of imide groups is 1. The van der Waals surface area contributed by atoms with E-state index in [1.807, 2.05) is 89.5 Å². The number of amides is 2. The van der Waals surface area contributed by atoms with E-state index >= 15 is 0 Å². The fourth-order valence-electron chi connectivity index (χ4n) is 5.33. The molecule has 0 spiro atoms. The molecule has 3 heterocycles. The van der Waals surface area contributed by atoms with Gasteiger partial charge < -0.3 is 4.74 Å². The van der Waals surface area contributed by atoms with Crippen LogP contribution in [0.5, 0.6) is 5.75 Å². The highest BCUT2D eigenvalue weighted by molar-refractivity contribution is 7.99. The summed E-state index contributed by atoms with van der Waals surface area (Å²) in [6.07, 6.45) is 2.36. The lowest BCUT2D eigenvalue weighted by atomic mass is 9.94. The molecule has 2 amide bonds. The molecule has 9 heteroatoms. The van der Waals surface area contributed by atoms with Crippen LogP contribution >= 0.6 is 11.8 Å². The van der Waals surface area contributed by atoms with Gasteiger partial charge in [-0.3, -0.25) is 24.0 Å². The molecule has 1 aliphatic heterocycles. The summed E-state index contributed by atoms with van der Waals surface area (Å²) in [4.78, 5) is 32.3. The quantitative estimate of drug-likeness (QED) is 0.114. The van der Waals surface area contributed by atoms with Crippen molar-refractivity contribution in [1.82, 2.24) is 24.6 Å². The Kier molecular flexibility index (Phi) is 6.85. The molecule has 0 unspecified atom stereocenters. The van der Waals surface area contributed by atoms with Crippen LogP contribution in [0.1, 0.15) is 33.0 Å². The molecule has 0 N–H and O–H groups in total. The van der Waals surface area contributed by atoms with Crippen molar-refractivity contribution in [1.29, 1.82) is 0 Å². The van der Waals surface area contributed by atoms with Crippen molar-refractivity contribution in [3.8, 4) is 11.4 Å². The molecule has 0 bridgehead atoms. The highest BCUT2D eigenvalue weighted by Gasteiger charge is 2.32. The summed E-state index contributed by atoms with van der Waals surface area (Å²) < 4.78 is 8.17. The number of aromatic nitrogens is 4. The molecule has 0 aliphatic carbocycles. The van der Waals surface area contributed by atoms with Crippen molar-refractivity contribution in [2.45, 2.75) is 18.2 Å². The van der Waals surface area contributed by atoms with Crippen LogP contribution in [0.2, 0.25) is 0 Å². The number of hydrogen-bond acceptors (Lipinski definition) is 7. The molecule has 0 radical (unpaired) electrons. The SMILES string of the molecule is O=C1c2cccc3cccc(c23)C(=O)N1CCCSc1nnc(COc2cccc3cccnc23)n1-c1ccccc1. The minimum Gasteiger partial charge on any atom is -0.483 e. The normalized spacial score (nSPS) is 12.8. The lowest BCUT2D eigenvalue weighted by molar-refractivity contribution is 0.0611. The van der Waals surface area contributed by atoms with E-state index < -0.39 is 0 Å². The van der Waals surface area contributed by atoms with Gasteiger partial charge in [-0.2, -0.15) is 0 Å². The lowest BCUT2D eigenvalue weighted by Crippen LogP contribution is -2.41. The number of nitrogens with zero attached hydrogens (tertiary/aromatic N) is 5. The molecule has 1 aliphatic rings. The number of carbonyl (C=O) groups is 2. The summed E-state index contributed by atoms with van der Waals surface area (Å²) in [5, 5.41) is 12.3. The van der Waals surface area contributed by atoms with E-state index in [9.17, 15) is 9.59 Å². The van der Waals surface area contributed by atoms with Crippen molar-refractivity contribution in [3.63, 3.8) is 0 Å². The van der Waals surface area contributed by atoms with E-state index in [-0.39, 0.29) is 18.4 Å². The fraction of sp³-hybridized carbons (Fsp3) is 0.121. The number of rotatable bonds is 9. The van der Waals surface area contributed by atoms with Crippen LogP contribution in [0.3, 0.4) is 0 Å². The molecule has 6 aromatic rings. The van der Waals surface area contributed by atoms with Crippen molar-refractivity contribution in [2.75, 3.05) is 12.3 Å². The van der Waals surface area contributed by atoms with Crippen LogP contribution in [-0.4, -0.2) is 48.8 Å². The van der Waals surface area contributed by atoms with Crippen LogP contribution in [0, 0.1) is 0 Å². The summed E-state index contributed by atoms with van der Waals surface area (Å²) >= 11 is 1.53. The van der Waals surface area contributed by atoms with Crippen molar-refractivity contribution < 1.29 is 14.3 Å². The highest BCUT2D eigenvalue weighted by Crippen LogP contribution is 2.31. The lowest BCUT2D eigenvalue weighted by Gasteiger charge is -2.27. The van der Waals surface area contributed by atoms with Gasteiger partial charge >= 0.3 is 0 Å². The zero-order valence-electron chi connectivity index (χ0n) is 22.5. The Labute approximate surface area is 246 Å². The Morgan fingerprint density at radius 2 is 1.45 bits per heavy atom. The minimum atomic E-state index is -0.246. The Balaban J connectivity index is 1.07. The fourth-order valence-corrected chi connectivity index (χ4v) is 6.22. The third-order valence-corrected chi connectivity index (χ3v) is 8.30. The van der Waals surface area contributed by atoms with Gasteiger partial charge in [0.05, 0.1) is 0 Å². The average Bonchev–Trinajstić information content (AvgIpc) is 3.45. The first-order chi connectivity index (χ1) is 20.7. The maximum atomic E-state index is 13.2. The van der Waals surface area contributed by atoms with Crippen LogP contribution < -0.4 is 4.74 Å². The first-order valence-corrected chi connectivity index (χ1v) is 14.6. The molecular formula is C33H25N5O3S. The number of hydrogen-bond donors (Lipinski definition) is 0. The van der Waals surface area contributed by atoms with E-state index in [2.05, 4.69) is 15.2 Å². The smallest absolute Gasteiger partial charge is 0.261 e. The van der Waals surface area contributed by atoms with Gasteiger partial charge in [0.25, 0.3) is 11.8 Å². The van der Waals surface area contributed by atoms with E-state index in [0.29, 0.717) is 46.6 Å². The standard InChI is InChI=1S/C33H25N5O3S/c39-31-25-15-4-9-22-10-5-16-26(29(22)25)32(40)37(31)19-8-20-42-33-36-35-28(38(33)24-13-2-1-3-14-24)21-41-27-17-6-11-23-12-7-18-34-30(23)27/h1-7,9-18H,8,19-21H2. The number of ether oxygens (including phenoxy) is 1. The van der Waals surface area contributed by atoms with Gasteiger partial charge in [0.15, 0.2) is 11.0 Å². The molecular weight excluding hydrogens is 546 g/mol. The van der Waals surface area contributed by atoms with E-state index in [1.54, 1.807) is 18.3 Å². The number of thioether (sulfide) groups is 1. The Hall–Kier alpha value is -5.02. The van der Waals surface area contributed by atoms with E-state index in [4.69, 9.17) is 4.74 Å². The van der Waals surface area contributed by atoms with Gasteiger partial charge in [-0.25, -0.2) is 0 Å². The Bertz CT molecular complexity index is 1900. The molecule has 0 fully saturated rings. The van der Waals surface area contributed by atoms with Crippen molar-refractivity contribution >= 4 is 45.3 Å². The molecule has 0 saturated carbocycles. The van der Waals surface area contributed by atoms with Gasteiger partial charge in [0, 0.05) is 46.1 Å². The van der Waals surface area contributed by atoms with Crippen LogP contribution in [0.15, 0.2) is 108 Å². The van der Waals surface area contributed by atoms with Gasteiger partial charge in [-0.15, -0.1) is 10.2 Å². The summed E-state index contributed by atoms with van der Waals surface area (Å²) in [5.74, 6) is 1.48. The van der Waals surface area contributed by atoms with Crippen LogP contribution in [-0.2, 0) is 6.61 Å². The van der Waals surface area contributed by atoms with Crippen LogP contribution in [0.4, 0.5) is 0 Å². The molecule has 206 valence electrons. The molecule has 0 saturated heterocycles. The summed E-state index contributed by atoms with van der Waals surface area (Å²) in [7, 11) is 0. The number of fused-ring (bicyclic) bond motifs is 1. The van der Waals surface area contributed by atoms with Crippen molar-refractivity contribution in [2.24, 2.45) is 0 Å². The maximum absolute atomic E-state index is 13.2. The molecule has 7 rings (SSSR count). The monoisotopic (exact) mass is 571 g/mol. The van der Waals surface area contributed by atoms with E-state index in [0.717, 1.165) is 27.4 Å². The van der Waals surface area contributed by atoms with Gasteiger partial charge in [-0.05, 0) is 48.2 Å². The molecule has 2 aromatic heterocycles. The second-order valence-electron chi connectivity index (χ2n) is 9.86. The second kappa shape index (κ2) is 11.1. The molecule has 8 nitrogen and oxygen atoms in total. The Morgan fingerprint density at radius 3 is 2.24 bits per heavy atom. The first-order valence-electron chi connectivity index (χ1n) is 13.7. The summed E-state index contributed by atoms with van der Waals surface area (Å²) in [6, 6.07) is 30.8. The predicted molar refractivity (Wildman–Crippen MR) is 162 cm³/mol. The van der Waals surface area contributed by atoms with Gasteiger partial charge in [0.1, 0.15) is 17.9 Å².